The van der Waals surface area contributed by atoms with Gasteiger partial charge in [-0.3, -0.25) is 4.98 Å². The maximum atomic E-state index is 7.16. The molecule has 0 aliphatic rings. The van der Waals surface area contributed by atoms with Crippen LogP contribution in [-0.4, -0.2) is 9.97 Å². The molecule has 0 aliphatic carbocycles. The summed E-state index contributed by atoms with van der Waals surface area (Å²) in [4.78, 5) is 12.9. The maximum absolute atomic E-state index is 7.16. The number of nitrogens with one attached hydrogen (secondary N) is 1. The Bertz CT molecular complexity index is 1080. The number of anilines is 2. The lowest BCUT2D eigenvalue weighted by molar-refractivity contribution is 0.558. The second-order valence-electron chi connectivity index (χ2n) is 9.32. The van der Waals surface area contributed by atoms with Crippen molar-refractivity contribution in [3.8, 4) is 0 Å². The molecule has 0 saturated carbocycles. The quantitative estimate of drug-likeness (QED) is 0.501. The van der Waals surface area contributed by atoms with Crippen molar-refractivity contribution < 1.29 is 0 Å². The van der Waals surface area contributed by atoms with Crippen LogP contribution in [0.15, 0.2) is 36.4 Å². The van der Waals surface area contributed by atoms with E-state index in [9.17, 15) is 0 Å². The Labute approximate surface area is 167 Å². The lowest BCUT2D eigenvalue weighted by Crippen LogP contribution is -2.18. The Kier molecular flexibility index (Phi) is 4.89. The highest BCUT2D eigenvalue weighted by Crippen LogP contribution is 2.34. The highest BCUT2D eigenvalue weighted by atomic mass is 15.0. The van der Waals surface area contributed by atoms with E-state index in [0.717, 1.165) is 28.4 Å². The first-order valence-electron chi connectivity index (χ1n) is 9.57. The molecule has 2 heterocycles. The van der Waals surface area contributed by atoms with Gasteiger partial charge in [0, 0.05) is 27.9 Å². The van der Waals surface area contributed by atoms with Crippen LogP contribution >= 0.6 is 0 Å². The summed E-state index contributed by atoms with van der Waals surface area (Å²) in [6.07, 6.45) is 0. The number of hydrogen-bond donors (Lipinski definition) is 1. The first kappa shape index (κ1) is 19.8. The Morgan fingerprint density at radius 1 is 0.893 bits per heavy atom. The standard InChI is InChI=1S/C24H28N4/c1-15-19(25-8)11-12-22(26-15)27-16-9-10-17-18(23(2,3)4)14-21(24(5,6)7)28-20(17)13-16/h9-14H,1-7H3,(H,26,27). The average molecular weight is 373 g/mol. The number of pyridine rings is 2. The molecule has 28 heavy (non-hydrogen) atoms. The van der Waals surface area contributed by atoms with Gasteiger partial charge in [-0.25, -0.2) is 9.83 Å². The average Bonchev–Trinajstić information content (AvgIpc) is 2.59. The number of hydrogen-bond acceptors (Lipinski definition) is 3. The Morgan fingerprint density at radius 2 is 1.61 bits per heavy atom. The van der Waals surface area contributed by atoms with Gasteiger partial charge in [0.1, 0.15) is 5.82 Å². The molecule has 4 heteroatoms. The van der Waals surface area contributed by atoms with Crippen LogP contribution in [0.1, 0.15) is 58.5 Å². The molecule has 0 fully saturated rings. The van der Waals surface area contributed by atoms with E-state index in [4.69, 9.17) is 11.6 Å². The highest BCUT2D eigenvalue weighted by molar-refractivity contribution is 5.87. The minimum absolute atomic E-state index is 0.0219. The van der Waals surface area contributed by atoms with Crippen molar-refractivity contribution >= 4 is 28.1 Å². The third-order valence-corrected chi connectivity index (χ3v) is 4.84. The van der Waals surface area contributed by atoms with E-state index in [1.54, 1.807) is 6.07 Å². The van der Waals surface area contributed by atoms with Crippen molar-refractivity contribution in [2.45, 2.75) is 59.3 Å². The number of aromatic nitrogens is 2. The molecule has 2 aromatic heterocycles. The van der Waals surface area contributed by atoms with Crippen molar-refractivity contribution in [1.82, 2.24) is 9.97 Å². The normalized spacial score (nSPS) is 12.1. The number of aryl methyl sites for hydroxylation is 1. The van der Waals surface area contributed by atoms with Gasteiger partial charge in [0.05, 0.1) is 12.1 Å². The van der Waals surface area contributed by atoms with Crippen molar-refractivity contribution in [2.24, 2.45) is 0 Å². The third-order valence-electron chi connectivity index (χ3n) is 4.84. The van der Waals surface area contributed by atoms with Crippen LogP contribution in [0.25, 0.3) is 15.7 Å². The Hall–Kier alpha value is -2.93. The summed E-state index contributed by atoms with van der Waals surface area (Å²) in [6, 6.07) is 12.2. The van der Waals surface area contributed by atoms with Crippen LogP contribution in [0.4, 0.5) is 17.2 Å². The molecule has 3 rings (SSSR count). The molecule has 4 nitrogen and oxygen atoms in total. The van der Waals surface area contributed by atoms with Gasteiger partial charge in [-0.1, -0.05) is 53.7 Å². The van der Waals surface area contributed by atoms with Gasteiger partial charge in [0.25, 0.3) is 0 Å². The van der Waals surface area contributed by atoms with Crippen molar-refractivity contribution in [3.05, 3.63) is 64.8 Å². The summed E-state index contributed by atoms with van der Waals surface area (Å²) in [5.74, 6) is 0.729. The SMILES string of the molecule is [C-]#[N+]c1ccc(Nc2ccc3c(C(C)(C)C)cc(C(C)(C)C)nc3c2)nc1C. The molecule has 144 valence electrons. The molecular weight excluding hydrogens is 344 g/mol. The topological polar surface area (TPSA) is 42.2 Å². The second-order valence-corrected chi connectivity index (χ2v) is 9.32. The van der Waals surface area contributed by atoms with E-state index < -0.39 is 0 Å². The van der Waals surface area contributed by atoms with Crippen LogP contribution < -0.4 is 5.32 Å². The monoisotopic (exact) mass is 372 g/mol. The molecule has 1 aromatic carbocycles. The molecule has 0 bridgehead atoms. The van der Waals surface area contributed by atoms with Crippen LogP contribution in [0, 0.1) is 13.5 Å². The predicted octanol–water partition coefficient (Wildman–Crippen LogP) is 6.83. The second kappa shape index (κ2) is 6.91. The third kappa shape index (κ3) is 3.99. The van der Waals surface area contributed by atoms with Gasteiger partial charge in [-0.05, 0) is 42.2 Å². The van der Waals surface area contributed by atoms with Gasteiger partial charge >= 0.3 is 0 Å². The zero-order valence-corrected chi connectivity index (χ0v) is 17.8. The zero-order chi connectivity index (χ0) is 20.7. The molecule has 0 spiro atoms. The van der Waals surface area contributed by atoms with Crippen LogP contribution in [0.5, 0.6) is 0 Å². The smallest absolute Gasteiger partial charge is 0.208 e. The number of nitrogens with zero attached hydrogens (tertiary/aromatic N) is 3. The molecular formula is C24H28N4. The zero-order valence-electron chi connectivity index (χ0n) is 17.8. The molecule has 0 saturated heterocycles. The number of fused-ring (bicyclic) bond motifs is 1. The van der Waals surface area contributed by atoms with Crippen LogP contribution in [-0.2, 0) is 10.8 Å². The number of benzene rings is 1. The summed E-state index contributed by atoms with van der Waals surface area (Å²) >= 11 is 0. The molecule has 3 aromatic rings. The first-order chi connectivity index (χ1) is 13.0. The van der Waals surface area contributed by atoms with E-state index in [2.05, 4.69) is 81.0 Å². The van der Waals surface area contributed by atoms with Crippen molar-refractivity contribution in [1.29, 1.82) is 0 Å². The first-order valence-corrected chi connectivity index (χ1v) is 9.57. The van der Waals surface area contributed by atoms with Crippen LogP contribution in [0.2, 0.25) is 0 Å². The molecule has 0 aliphatic heterocycles. The summed E-state index contributed by atoms with van der Waals surface area (Å²) in [5, 5.41) is 4.53. The molecule has 0 radical (unpaired) electrons. The lowest BCUT2D eigenvalue weighted by atomic mass is 9.81. The fourth-order valence-electron chi connectivity index (χ4n) is 3.20. The number of rotatable bonds is 2. The minimum atomic E-state index is -0.0219. The van der Waals surface area contributed by atoms with Gasteiger partial charge in [0.2, 0.25) is 5.69 Å². The minimum Gasteiger partial charge on any atom is -0.340 e. The summed E-state index contributed by atoms with van der Waals surface area (Å²) in [7, 11) is 0. The molecule has 0 unspecified atom stereocenters. The lowest BCUT2D eigenvalue weighted by Gasteiger charge is -2.26. The molecule has 0 atom stereocenters. The van der Waals surface area contributed by atoms with E-state index in [0.29, 0.717) is 5.69 Å². The molecule has 1 N–H and O–H groups in total. The maximum Gasteiger partial charge on any atom is 0.208 e. The van der Waals surface area contributed by atoms with E-state index in [1.807, 2.05) is 13.0 Å². The summed E-state index contributed by atoms with van der Waals surface area (Å²) < 4.78 is 0. The summed E-state index contributed by atoms with van der Waals surface area (Å²) in [5.41, 5.74) is 5.64. The van der Waals surface area contributed by atoms with Gasteiger partial charge < -0.3 is 5.32 Å². The van der Waals surface area contributed by atoms with Gasteiger partial charge in [-0.15, -0.1) is 0 Å². The highest BCUT2D eigenvalue weighted by Gasteiger charge is 2.23. The fourth-order valence-corrected chi connectivity index (χ4v) is 3.20. The summed E-state index contributed by atoms with van der Waals surface area (Å²) in [6.45, 7) is 22.3. The molecule has 0 amide bonds. The largest absolute Gasteiger partial charge is 0.340 e. The van der Waals surface area contributed by atoms with E-state index in [1.165, 1.54) is 10.9 Å². The van der Waals surface area contributed by atoms with Gasteiger partial charge in [0.15, 0.2) is 0 Å². The van der Waals surface area contributed by atoms with Gasteiger partial charge in [-0.2, -0.15) is 0 Å². The predicted molar refractivity (Wildman–Crippen MR) is 118 cm³/mol. The Morgan fingerprint density at radius 3 is 2.18 bits per heavy atom. The van der Waals surface area contributed by atoms with Crippen molar-refractivity contribution in [3.63, 3.8) is 0 Å². The van der Waals surface area contributed by atoms with Crippen molar-refractivity contribution in [2.75, 3.05) is 5.32 Å². The van der Waals surface area contributed by atoms with Crippen LogP contribution in [0.3, 0.4) is 0 Å². The van der Waals surface area contributed by atoms with E-state index >= 15 is 0 Å². The fraction of sp³-hybridized carbons (Fsp3) is 0.375. The van der Waals surface area contributed by atoms with E-state index in [-0.39, 0.29) is 10.8 Å². The Balaban J connectivity index is 2.10.